The van der Waals surface area contributed by atoms with E-state index in [1.807, 2.05) is 18.2 Å². The molecular weight excluding hydrogens is 232 g/mol. The molecule has 0 bridgehead atoms. The summed E-state index contributed by atoms with van der Waals surface area (Å²) in [6, 6.07) is 6.66. The number of methoxy groups -OCH3 is 1. The second-order valence-corrected chi connectivity index (χ2v) is 5.54. The number of nitrogens with zero attached hydrogens (tertiary/aromatic N) is 1. The van der Waals surface area contributed by atoms with Crippen LogP contribution in [-0.4, -0.2) is 18.1 Å². The van der Waals surface area contributed by atoms with E-state index < -0.39 is 0 Å². The number of hydrogen-bond donors (Lipinski definition) is 1. The highest BCUT2D eigenvalue weighted by molar-refractivity contribution is 7.22. The maximum Gasteiger partial charge on any atom is 0.184 e. The molecule has 0 amide bonds. The number of aromatic nitrogens is 1. The molecule has 0 spiro atoms. The van der Waals surface area contributed by atoms with Crippen molar-refractivity contribution in [1.82, 2.24) is 4.98 Å². The number of benzene rings is 1. The predicted molar refractivity (Wildman–Crippen MR) is 72.0 cm³/mol. The summed E-state index contributed by atoms with van der Waals surface area (Å²) >= 11 is 1.71. The van der Waals surface area contributed by atoms with Gasteiger partial charge >= 0.3 is 0 Å². The van der Waals surface area contributed by atoms with Crippen LogP contribution in [-0.2, 0) is 0 Å². The molecule has 1 aliphatic rings. The predicted octanol–water partition coefficient (Wildman–Crippen LogP) is 3.52. The Morgan fingerprint density at radius 2 is 2.41 bits per heavy atom. The van der Waals surface area contributed by atoms with Crippen LogP contribution in [0.1, 0.15) is 19.8 Å². The third-order valence-electron chi connectivity index (χ3n) is 3.35. The molecule has 1 fully saturated rings. The summed E-state index contributed by atoms with van der Waals surface area (Å²) in [5.74, 6) is 1.74. The molecule has 1 aromatic heterocycles. The summed E-state index contributed by atoms with van der Waals surface area (Å²) in [5, 5.41) is 4.55. The van der Waals surface area contributed by atoms with Gasteiger partial charge in [-0.15, -0.1) is 0 Å². The molecule has 2 atom stereocenters. The Bertz CT molecular complexity index is 537. The van der Waals surface area contributed by atoms with Gasteiger partial charge in [0.05, 0.1) is 17.3 Å². The van der Waals surface area contributed by atoms with E-state index in [1.54, 1.807) is 18.4 Å². The second-order valence-electron chi connectivity index (χ2n) is 4.51. The SMILES string of the molecule is CCC1CC1Nc1nc2ccc(OC)cc2s1. The van der Waals surface area contributed by atoms with Crippen LogP contribution in [0.2, 0.25) is 0 Å². The van der Waals surface area contributed by atoms with Gasteiger partial charge in [0.1, 0.15) is 5.75 Å². The molecular formula is C13H16N2OS. The number of hydrogen-bond acceptors (Lipinski definition) is 4. The summed E-state index contributed by atoms with van der Waals surface area (Å²) in [6.07, 6.45) is 2.55. The van der Waals surface area contributed by atoms with Gasteiger partial charge < -0.3 is 10.1 Å². The van der Waals surface area contributed by atoms with E-state index in [1.165, 1.54) is 17.5 Å². The molecule has 90 valence electrons. The maximum absolute atomic E-state index is 5.22. The molecule has 1 N–H and O–H groups in total. The van der Waals surface area contributed by atoms with Gasteiger partial charge in [-0.1, -0.05) is 24.7 Å². The molecule has 3 nitrogen and oxygen atoms in total. The van der Waals surface area contributed by atoms with Gasteiger partial charge in [-0.25, -0.2) is 4.98 Å². The van der Waals surface area contributed by atoms with Gasteiger partial charge in [0.25, 0.3) is 0 Å². The minimum absolute atomic E-state index is 0.641. The summed E-state index contributed by atoms with van der Waals surface area (Å²) in [6.45, 7) is 2.25. The Kier molecular flexibility index (Phi) is 2.67. The quantitative estimate of drug-likeness (QED) is 0.899. The fourth-order valence-corrected chi connectivity index (χ4v) is 3.08. The van der Waals surface area contributed by atoms with E-state index in [-0.39, 0.29) is 0 Å². The van der Waals surface area contributed by atoms with Crippen LogP contribution in [0.15, 0.2) is 18.2 Å². The minimum atomic E-state index is 0.641. The normalized spacial score (nSPS) is 22.7. The van der Waals surface area contributed by atoms with Crippen molar-refractivity contribution in [2.75, 3.05) is 12.4 Å². The monoisotopic (exact) mass is 248 g/mol. The molecule has 0 saturated heterocycles. The van der Waals surface area contributed by atoms with Crippen molar-refractivity contribution in [2.24, 2.45) is 5.92 Å². The summed E-state index contributed by atoms with van der Waals surface area (Å²) in [7, 11) is 1.69. The molecule has 1 aliphatic carbocycles. The zero-order valence-corrected chi connectivity index (χ0v) is 10.9. The number of fused-ring (bicyclic) bond motifs is 1. The third-order valence-corrected chi connectivity index (χ3v) is 4.30. The topological polar surface area (TPSA) is 34.2 Å². The third kappa shape index (κ3) is 2.09. The van der Waals surface area contributed by atoms with Gasteiger partial charge in [0, 0.05) is 6.04 Å². The number of ether oxygens (including phenoxy) is 1. The highest BCUT2D eigenvalue weighted by atomic mass is 32.1. The van der Waals surface area contributed by atoms with Crippen LogP contribution in [0.5, 0.6) is 5.75 Å². The standard InChI is InChI=1S/C13H16N2OS/c1-3-8-6-11(8)15-13-14-10-5-4-9(16-2)7-12(10)17-13/h4-5,7-8,11H,3,6H2,1-2H3,(H,14,15). The van der Waals surface area contributed by atoms with Crippen LogP contribution in [0.25, 0.3) is 10.2 Å². The van der Waals surface area contributed by atoms with Gasteiger partial charge in [-0.3, -0.25) is 0 Å². The fourth-order valence-electron chi connectivity index (χ4n) is 2.13. The first-order valence-corrected chi connectivity index (χ1v) is 6.83. The zero-order chi connectivity index (χ0) is 11.8. The fraction of sp³-hybridized carbons (Fsp3) is 0.462. The summed E-state index contributed by atoms with van der Waals surface area (Å²) in [5.41, 5.74) is 1.05. The van der Waals surface area contributed by atoms with Crippen LogP contribution in [0.3, 0.4) is 0 Å². The van der Waals surface area contributed by atoms with Gasteiger partial charge in [-0.05, 0) is 30.5 Å². The Morgan fingerprint density at radius 1 is 1.53 bits per heavy atom. The van der Waals surface area contributed by atoms with E-state index in [0.29, 0.717) is 6.04 Å². The highest BCUT2D eigenvalue weighted by Crippen LogP contribution is 2.38. The molecule has 1 heterocycles. The minimum Gasteiger partial charge on any atom is -0.497 e. The van der Waals surface area contributed by atoms with E-state index in [0.717, 1.165) is 22.3 Å². The lowest BCUT2D eigenvalue weighted by atomic mass is 10.3. The number of rotatable bonds is 4. The van der Waals surface area contributed by atoms with E-state index in [9.17, 15) is 0 Å². The molecule has 1 saturated carbocycles. The lowest BCUT2D eigenvalue weighted by Crippen LogP contribution is -2.03. The first-order valence-electron chi connectivity index (χ1n) is 6.01. The van der Waals surface area contributed by atoms with E-state index in [2.05, 4.69) is 17.2 Å². The summed E-state index contributed by atoms with van der Waals surface area (Å²) < 4.78 is 6.40. The van der Waals surface area contributed by atoms with Crippen LogP contribution >= 0.6 is 11.3 Å². The van der Waals surface area contributed by atoms with Crippen molar-refractivity contribution in [3.05, 3.63) is 18.2 Å². The Hall–Kier alpha value is -1.29. The van der Waals surface area contributed by atoms with Crippen LogP contribution < -0.4 is 10.1 Å². The Balaban J connectivity index is 1.81. The lowest BCUT2D eigenvalue weighted by molar-refractivity contribution is 0.415. The average Bonchev–Trinajstić information content (AvgIpc) is 2.97. The van der Waals surface area contributed by atoms with Crippen LogP contribution in [0, 0.1) is 5.92 Å². The number of anilines is 1. The molecule has 3 rings (SSSR count). The van der Waals surface area contributed by atoms with Crippen molar-refractivity contribution in [3.63, 3.8) is 0 Å². The maximum atomic E-state index is 5.22. The van der Waals surface area contributed by atoms with Crippen molar-refractivity contribution in [1.29, 1.82) is 0 Å². The average molecular weight is 248 g/mol. The Morgan fingerprint density at radius 3 is 3.12 bits per heavy atom. The van der Waals surface area contributed by atoms with Gasteiger partial charge in [0.15, 0.2) is 5.13 Å². The Labute approximate surface area is 105 Å². The molecule has 17 heavy (non-hydrogen) atoms. The van der Waals surface area contributed by atoms with Gasteiger partial charge in [0.2, 0.25) is 0 Å². The van der Waals surface area contributed by atoms with Crippen molar-refractivity contribution >= 4 is 26.7 Å². The number of thiazole rings is 1. The van der Waals surface area contributed by atoms with Crippen molar-refractivity contribution in [2.45, 2.75) is 25.8 Å². The number of nitrogens with one attached hydrogen (secondary N) is 1. The van der Waals surface area contributed by atoms with Crippen LogP contribution in [0.4, 0.5) is 5.13 Å². The van der Waals surface area contributed by atoms with Crippen molar-refractivity contribution in [3.8, 4) is 5.75 Å². The largest absolute Gasteiger partial charge is 0.497 e. The molecule has 1 aromatic carbocycles. The molecule has 2 aromatic rings. The molecule has 4 heteroatoms. The molecule has 2 unspecified atom stereocenters. The lowest BCUT2D eigenvalue weighted by Gasteiger charge is -1.98. The highest BCUT2D eigenvalue weighted by Gasteiger charge is 2.35. The van der Waals surface area contributed by atoms with E-state index >= 15 is 0 Å². The van der Waals surface area contributed by atoms with Gasteiger partial charge in [-0.2, -0.15) is 0 Å². The first-order chi connectivity index (χ1) is 8.30. The van der Waals surface area contributed by atoms with E-state index in [4.69, 9.17) is 4.74 Å². The molecule has 0 radical (unpaired) electrons. The molecule has 0 aliphatic heterocycles. The summed E-state index contributed by atoms with van der Waals surface area (Å²) in [4.78, 5) is 4.59. The second kappa shape index (κ2) is 4.18. The first kappa shape index (κ1) is 10.8. The zero-order valence-electron chi connectivity index (χ0n) is 10.1. The smallest absolute Gasteiger partial charge is 0.184 e. The van der Waals surface area contributed by atoms with Crippen molar-refractivity contribution < 1.29 is 4.74 Å².